The highest BCUT2D eigenvalue weighted by molar-refractivity contribution is 6.04. The van der Waals surface area contributed by atoms with E-state index >= 15 is 0 Å². The Labute approximate surface area is 160 Å². The first kappa shape index (κ1) is 17.9. The average Bonchev–Trinajstić information content (AvgIpc) is 3.26. The predicted molar refractivity (Wildman–Crippen MR) is 104 cm³/mol. The lowest BCUT2D eigenvalue weighted by molar-refractivity contribution is 0.102. The van der Waals surface area contributed by atoms with E-state index in [2.05, 4.69) is 39.1 Å². The molecule has 0 spiro atoms. The quantitative estimate of drug-likeness (QED) is 0.529. The lowest BCUT2D eigenvalue weighted by atomic mass is 10.1. The van der Waals surface area contributed by atoms with Crippen LogP contribution in [0.2, 0.25) is 0 Å². The second kappa shape index (κ2) is 6.92. The van der Waals surface area contributed by atoms with Crippen molar-refractivity contribution in [2.75, 3.05) is 5.32 Å². The van der Waals surface area contributed by atoms with Crippen LogP contribution < -0.4 is 5.32 Å². The second-order valence-corrected chi connectivity index (χ2v) is 6.48. The van der Waals surface area contributed by atoms with E-state index in [0.717, 1.165) is 46.5 Å². The van der Waals surface area contributed by atoms with Gasteiger partial charge in [-0.2, -0.15) is 5.10 Å². The Balaban J connectivity index is 1.67. The molecule has 7 heteroatoms. The maximum absolute atomic E-state index is 13.4. The average molecular weight is 380 g/mol. The number of nitrogens with one attached hydrogen (secondary N) is 2. The van der Waals surface area contributed by atoms with Gasteiger partial charge in [0.15, 0.2) is 17.5 Å². The van der Waals surface area contributed by atoms with Gasteiger partial charge in [-0.25, -0.2) is 8.78 Å². The molecule has 0 saturated heterocycles. The molecular formula is C21H18F2N4O. The largest absolute Gasteiger partial charge is 0.339 e. The zero-order valence-electron chi connectivity index (χ0n) is 15.4. The Kier molecular flexibility index (Phi) is 4.43. The first-order chi connectivity index (χ1) is 13.5. The molecule has 4 aromatic rings. The Hall–Kier alpha value is -3.48. The van der Waals surface area contributed by atoms with Crippen LogP contribution in [-0.2, 0) is 6.54 Å². The van der Waals surface area contributed by atoms with Gasteiger partial charge in [0, 0.05) is 29.1 Å². The van der Waals surface area contributed by atoms with Gasteiger partial charge in [0.2, 0.25) is 0 Å². The number of aromatic amines is 1. The molecule has 0 aliphatic rings. The maximum Gasteiger partial charge on any atom is 0.256 e. The molecule has 2 heterocycles. The summed E-state index contributed by atoms with van der Waals surface area (Å²) in [6.07, 6.45) is 0. The monoisotopic (exact) mass is 380 g/mol. The molecule has 0 radical (unpaired) electrons. The first-order valence-corrected chi connectivity index (χ1v) is 8.89. The number of carbonyl (C=O) groups excluding carboxylic acids is 1. The van der Waals surface area contributed by atoms with Crippen LogP contribution in [0.25, 0.3) is 22.3 Å². The minimum atomic E-state index is -1.07. The number of fused-ring (bicyclic) bond motifs is 1. The summed E-state index contributed by atoms with van der Waals surface area (Å²) in [5.41, 5.74) is 4.00. The fourth-order valence-electron chi connectivity index (χ4n) is 3.49. The molecule has 0 fully saturated rings. The number of hydrogen-bond acceptors (Lipinski definition) is 2. The lowest BCUT2D eigenvalue weighted by Gasteiger charge is -2.06. The van der Waals surface area contributed by atoms with E-state index in [4.69, 9.17) is 0 Å². The smallest absolute Gasteiger partial charge is 0.256 e. The molecular weight excluding hydrogens is 362 g/mol. The molecule has 4 rings (SSSR count). The molecule has 0 saturated carbocycles. The van der Waals surface area contributed by atoms with E-state index in [-0.39, 0.29) is 5.56 Å². The fraction of sp³-hybridized carbons (Fsp3) is 0.143. The van der Waals surface area contributed by atoms with Gasteiger partial charge in [0.1, 0.15) is 0 Å². The Morgan fingerprint density at radius 2 is 1.93 bits per heavy atom. The van der Waals surface area contributed by atoms with Crippen LogP contribution >= 0.6 is 0 Å². The molecule has 0 aliphatic heterocycles. The number of para-hydroxylation sites is 1. The van der Waals surface area contributed by atoms with E-state index in [1.165, 1.54) is 6.07 Å². The minimum Gasteiger partial charge on any atom is -0.339 e. The van der Waals surface area contributed by atoms with Gasteiger partial charge in [0.05, 0.1) is 11.4 Å². The SMILES string of the molecule is CCn1c(-c2cc(NC(=O)c3ccc(F)c(F)c3)n[nH]2)c(C)c2ccccc21. The topological polar surface area (TPSA) is 62.7 Å². The van der Waals surface area contributed by atoms with Crippen molar-refractivity contribution in [2.45, 2.75) is 20.4 Å². The number of rotatable bonds is 4. The number of benzene rings is 2. The van der Waals surface area contributed by atoms with Crippen molar-refractivity contribution in [3.05, 3.63) is 71.3 Å². The molecule has 0 aliphatic carbocycles. The summed E-state index contributed by atoms with van der Waals surface area (Å²) in [4.78, 5) is 12.3. The number of aryl methyl sites for hydroxylation is 2. The van der Waals surface area contributed by atoms with Crippen LogP contribution in [0.15, 0.2) is 48.5 Å². The predicted octanol–water partition coefficient (Wildman–Crippen LogP) is 4.89. The highest BCUT2D eigenvalue weighted by Gasteiger charge is 2.17. The van der Waals surface area contributed by atoms with Crippen molar-refractivity contribution < 1.29 is 13.6 Å². The summed E-state index contributed by atoms with van der Waals surface area (Å²) in [7, 11) is 0. The first-order valence-electron chi connectivity index (χ1n) is 8.89. The van der Waals surface area contributed by atoms with E-state index < -0.39 is 17.5 Å². The molecule has 0 bridgehead atoms. The van der Waals surface area contributed by atoms with E-state index in [9.17, 15) is 13.6 Å². The molecule has 0 unspecified atom stereocenters. The van der Waals surface area contributed by atoms with E-state index in [1.807, 2.05) is 19.1 Å². The van der Waals surface area contributed by atoms with Crippen LogP contribution in [0, 0.1) is 18.6 Å². The summed E-state index contributed by atoms with van der Waals surface area (Å²) in [5.74, 6) is -2.33. The molecule has 2 aromatic carbocycles. The third kappa shape index (κ3) is 2.94. The zero-order chi connectivity index (χ0) is 19.8. The number of anilines is 1. The number of amides is 1. The molecule has 2 N–H and O–H groups in total. The van der Waals surface area contributed by atoms with Gasteiger partial charge in [-0.05, 0) is 43.7 Å². The highest BCUT2D eigenvalue weighted by Crippen LogP contribution is 2.33. The van der Waals surface area contributed by atoms with Crippen molar-refractivity contribution in [1.82, 2.24) is 14.8 Å². The maximum atomic E-state index is 13.4. The third-order valence-electron chi connectivity index (χ3n) is 4.80. The second-order valence-electron chi connectivity index (χ2n) is 6.48. The van der Waals surface area contributed by atoms with Gasteiger partial charge in [-0.3, -0.25) is 9.89 Å². The number of aromatic nitrogens is 3. The number of carbonyl (C=O) groups is 1. The molecule has 1 amide bonds. The van der Waals surface area contributed by atoms with Crippen molar-refractivity contribution in [3.8, 4) is 11.4 Å². The number of nitrogens with zero attached hydrogens (tertiary/aromatic N) is 2. The van der Waals surface area contributed by atoms with Crippen molar-refractivity contribution in [1.29, 1.82) is 0 Å². The Morgan fingerprint density at radius 1 is 1.14 bits per heavy atom. The van der Waals surface area contributed by atoms with Gasteiger partial charge in [0.25, 0.3) is 5.91 Å². The summed E-state index contributed by atoms with van der Waals surface area (Å²) >= 11 is 0. The summed E-state index contributed by atoms with van der Waals surface area (Å²) < 4.78 is 28.6. The molecule has 0 atom stereocenters. The fourth-order valence-corrected chi connectivity index (χ4v) is 3.49. The number of halogens is 2. The van der Waals surface area contributed by atoms with Crippen LogP contribution in [0.1, 0.15) is 22.8 Å². The molecule has 28 heavy (non-hydrogen) atoms. The molecule has 2 aromatic heterocycles. The number of H-pyrrole nitrogens is 1. The molecule has 142 valence electrons. The van der Waals surface area contributed by atoms with Gasteiger partial charge < -0.3 is 9.88 Å². The summed E-state index contributed by atoms with van der Waals surface area (Å²) in [5, 5.41) is 10.9. The third-order valence-corrected chi connectivity index (χ3v) is 4.80. The Bertz CT molecular complexity index is 1190. The zero-order valence-corrected chi connectivity index (χ0v) is 15.4. The van der Waals surface area contributed by atoms with Gasteiger partial charge in [-0.1, -0.05) is 18.2 Å². The van der Waals surface area contributed by atoms with Crippen LogP contribution in [0.4, 0.5) is 14.6 Å². The normalized spacial score (nSPS) is 11.1. The van der Waals surface area contributed by atoms with Crippen LogP contribution in [0.5, 0.6) is 0 Å². The molecule has 5 nitrogen and oxygen atoms in total. The van der Waals surface area contributed by atoms with Crippen LogP contribution in [0.3, 0.4) is 0 Å². The summed E-state index contributed by atoms with van der Waals surface area (Å²) in [6, 6.07) is 12.9. The standard InChI is InChI=1S/C21H18F2N4O/c1-3-27-18-7-5-4-6-14(18)12(2)20(27)17-11-19(26-25-17)24-21(28)13-8-9-15(22)16(23)10-13/h4-11H,3H2,1-2H3,(H2,24,25,26,28). The van der Waals surface area contributed by atoms with E-state index in [0.29, 0.717) is 5.82 Å². The van der Waals surface area contributed by atoms with E-state index in [1.54, 1.807) is 6.07 Å². The van der Waals surface area contributed by atoms with Gasteiger partial charge >= 0.3 is 0 Å². The summed E-state index contributed by atoms with van der Waals surface area (Å²) in [6.45, 7) is 4.89. The lowest BCUT2D eigenvalue weighted by Crippen LogP contribution is -2.12. The highest BCUT2D eigenvalue weighted by atomic mass is 19.2. The van der Waals surface area contributed by atoms with Crippen molar-refractivity contribution in [2.24, 2.45) is 0 Å². The number of hydrogen-bond donors (Lipinski definition) is 2. The van der Waals surface area contributed by atoms with Gasteiger partial charge in [-0.15, -0.1) is 0 Å². The minimum absolute atomic E-state index is 0.0160. The van der Waals surface area contributed by atoms with Crippen LogP contribution in [-0.4, -0.2) is 20.7 Å². The Morgan fingerprint density at radius 3 is 2.68 bits per heavy atom. The van der Waals surface area contributed by atoms with Crippen molar-refractivity contribution in [3.63, 3.8) is 0 Å². The van der Waals surface area contributed by atoms with Crippen molar-refractivity contribution >= 4 is 22.6 Å².